The number of fused-ring (bicyclic) bond motifs is 3. The van der Waals surface area contributed by atoms with Crippen LogP contribution in [0.1, 0.15) is 11.1 Å². The average molecular weight is 562 g/mol. The van der Waals surface area contributed by atoms with E-state index in [1.807, 2.05) is 0 Å². The molecule has 1 aliphatic rings. The highest BCUT2D eigenvalue weighted by Crippen LogP contribution is 2.41. The number of hydrogen-bond acceptors (Lipinski definition) is 1. The minimum atomic E-state index is 0.993. The van der Waals surface area contributed by atoms with Crippen LogP contribution in [0.15, 0.2) is 176 Å². The number of benzene rings is 7. The van der Waals surface area contributed by atoms with Crippen molar-refractivity contribution in [2.75, 3.05) is 4.90 Å². The quantitative estimate of drug-likeness (QED) is 0.195. The first kappa shape index (κ1) is 26.0. The molecule has 1 nitrogen and oxygen atoms in total. The topological polar surface area (TPSA) is 3.24 Å². The maximum atomic E-state index is 2.38. The third-order valence-corrected chi connectivity index (χ3v) is 8.70. The van der Waals surface area contributed by atoms with E-state index >= 15 is 0 Å². The summed E-state index contributed by atoms with van der Waals surface area (Å²) < 4.78 is 0. The van der Waals surface area contributed by atoms with Gasteiger partial charge in [-0.15, -0.1) is 0 Å². The van der Waals surface area contributed by atoms with Crippen LogP contribution >= 0.6 is 0 Å². The predicted molar refractivity (Wildman–Crippen MR) is 186 cm³/mol. The van der Waals surface area contributed by atoms with Gasteiger partial charge in [-0.25, -0.2) is 0 Å². The molecule has 0 spiro atoms. The summed E-state index contributed by atoms with van der Waals surface area (Å²) in [5, 5.41) is 0. The number of anilines is 3. The first-order valence-electron chi connectivity index (χ1n) is 15.2. The van der Waals surface area contributed by atoms with E-state index in [2.05, 4.69) is 181 Å². The monoisotopic (exact) mass is 561 g/mol. The SMILES string of the molecule is c1ccc(-c2ccc(N(c3ccc(-c4ccccc4)cc3)c3cccc(-c4ccc5c(c4)Cc4ccccc4-5)c3)cc2)cc1. The van der Waals surface area contributed by atoms with Crippen LogP contribution in [0, 0.1) is 0 Å². The Morgan fingerprint density at radius 1 is 0.295 bits per heavy atom. The second-order valence-corrected chi connectivity index (χ2v) is 11.4. The van der Waals surface area contributed by atoms with Gasteiger partial charge in [0.2, 0.25) is 0 Å². The van der Waals surface area contributed by atoms with Crippen molar-refractivity contribution in [3.63, 3.8) is 0 Å². The molecule has 1 aliphatic carbocycles. The molecule has 8 rings (SSSR count). The Morgan fingerprint density at radius 2 is 0.773 bits per heavy atom. The van der Waals surface area contributed by atoms with Crippen molar-refractivity contribution in [1.29, 1.82) is 0 Å². The van der Waals surface area contributed by atoms with E-state index in [1.165, 1.54) is 55.6 Å². The third-order valence-electron chi connectivity index (χ3n) is 8.70. The van der Waals surface area contributed by atoms with Gasteiger partial charge in [0.1, 0.15) is 0 Å². The zero-order valence-corrected chi connectivity index (χ0v) is 24.4. The minimum Gasteiger partial charge on any atom is -0.310 e. The van der Waals surface area contributed by atoms with Crippen LogP contribution in [-0.2, 0) is 6.42 Å². The summed E-state index contributed by atoms with van der Waals surface area (Å²) in [5.74, 6) is 0. The molecule has 0 amide bonds. The van der Waals surface area contributed by atoms with E-state index in [4.69, 9.17) is 0 Å². The van der Waals surface area contributed by atoms with E-state index in [9.17, 15) is 0 Å². The second kappa shape index (κ2) is 11.2. The Bertz CT molecular complexity index is 1970. The van der Waals surface area contributed by atoms with Crippen molar-refractivity contribution in [1.82, 2.24) is 0 Å². The van der Waals surface area contributed by atoms with Crippen LogP contribution < -0.4 is 4.90 Å². The standard InChI is InChI=1S/C43H31N/c1-3-10-31(11-4-1)33-18-23-39(24-19-33)44(40-25-20-34(21-26-40)32-12-5-2-6-13-32)41-16-9-15-35(30-41)36-22-27-43-38(28-36)29-37-14-7-8-17-42(37)43/h1-28,30H,29H2. The maximum Gasteiger partial charge on any atom is 0.0467 e. The highest BCUT2D eigenvalue weighted by Gasteiger charge is 2.19. The maximum absolute atomic E-state index is 2.38. The van der Waals surface area contributed by atoms with Crippen molar-refractivity contribution in [2.24, 2.45) is 0 Å². The molecule has 0 N–H and O–H groups in total. The van der Waals surface area contributed by atoms with Crippen molar-refractivity contribution >= 4 is 17.1 Å². The number of nitrogens with zero attached hydrogens (tertiary/aromatic N) is 1. The van der Waals surface area contributed by atoms with Gasteiger partial charge in [0.15, 0.2) is 0 Å². The fraction of sp³-hybridized carbons (Fsp3) is 0.0233. The van der Waals surface area contributed by atoms with E-state index < -0.39 is 0 Å². The normalized spacial score (nSPS) is 11.5. The van der Waals surface area contributed by atoms with Crippen LogP contribution in [-0.4, -0.2) is 0 Å². The summed E-state index contributed by atoms with van der Waals surface area (Å²) in [5.41, 5.74) is 16.2. The smallest absolute Gasteiger partial charge is 0.0467 e. The summed E-state index contributed by atoms with van der Waals surface area (Å²) in [6.45, 7) is 0. The molecule has 0 unspecified atom stereocenters. The van der Waals surface area contributed by atoms with E-state index in [1.54, 1.807) is 0 Å². The molecule has 0 heterocycles. The number of rotatable bonds is 6. The summed E-state index contributed by atoms with van der Waals surface area (Å²) in [4.78, 5) is 2.36. The van der Waals surface area contributed by atoms with Gasteiger partial charge in [0.05, 0.1) is 0 Å². The summed E-state index contributed by atoms with van der Waals surface area (Å²) in [6, 6.07) is 63.6. The molecule has 208 valence electrons. The number of hydrogen-bond donors (Lipinski definition) is 0. The minimum absolute atomic E-state index is 0.993. The molecular weight excluding hydrogens is 530 g/mol. The second-order valence-electron chi connectivity index (χ2n) is 11.4. The highest BCUT2D eigenvalue weighted by molar-refractivity contribution is 5.84. The zero-order valence-electron chi connectivity index (χ0n) is 24.4. The molecule has 0 bridgehead atoms. The first-order chi connectivity index (χ1) is 21.8. The molecule has 1 heteroatoms. The van der Waals surface area contributed by atoms with Gasteiger partial charge in [-0.2, -0.15) is 0 Å². The molecule has 0 aromatic heterocycles. The van der Waals surface area contributed by atoms with Gasteiger partial charge in [0, 0.05) is 17.1 Å². The third kappa shape index (κ3) is 4.89. The predicted octanol–water partition coefficient (Wildman–Crippen LogP) is 11.7. The Labute approximate surface area is 259 Å². The molecule has 7 aromatic rings. The van der Waals surface area contributed by atoms with E-state index in [0.29, 0.717) is 0 Å². The van der Waals surface area contributed by atoms with Crippen molar-refractivity contribution < 1.29 is 0 Å². The van der Waals surface area contributed by atoms with Crippen LogP contribution in [0.3, 0.4) is 0 Å². The molecular formula is C43H31N. The first-order valence-corrected chi connectivity index (χ1v) is 15.2. The Morgan fingerprint density at radius 3 is 1.41 bits per heavy atom. The zero-order chi connectivity index (χ0) is 29.3. The Hall–Kier alpha value is -5.66. The lowest BCUT2D eigenvalue weighted by atomic mass is 9.98. The summed E-state index contributed by atoms with van der Waals surface area (Å²) >= 11 is 0. The van der Waals surface area contributed by atoms with E-state index in [-0.39, 0.29) is 0 Å². The lowest BCUT2D eigenvalue weighted by Crippen LogP contribution is -2.10. The van der Waals surface area contributed by atoms with Crippen LogP contribution in [0.5, 0.6) is 0 Å². The molecule has 7 aromatic carbocycles. The fourth-order valence-corrected chi connectivity index (χ4v) is 6.46. The van der Waals surface area contributed by atoms with Gasteiger partial charge < -0.3 is 4.90 Å². The van der Waals surface area contributed by atoms with Gasteiger partial charge in [-0.1, -0.05) is 140 Å². The Kier molecular flexibility index (Phi) is 6.62. The van der Waals surface area contributed by atoms with Gasteiger partial charge >= 0.3 is 0 Å². The van der Waals surface area contributed by atoms with Gasteiger partial charge in [0.25, 0.3) is 0 Å². The van der Waals surface area contributed by atoms with Crippen molar-refractivity contribution in [3.8, 4) is 44.5 Å². The average Bonchev–Trinajstić information content (AvgIpc) is 3.48. The molecule has 0 saturated heterocycles. The van der Waals surface area contributed by atoms with E-state index in [0.717, 1.165) is 23.5 Å². The lowest BCUT2D eigenvalue weighted by Gasteiger charge is -2.26. The van der Waals surface area contributed by atoms with Crippen LogP contribution in [0.25, 0.3) is 44.5 Å². The van der Waals surface area contributed by atoms with Crippen LogP contribution in [0.4, 0.5) is 17.1 Å². The van der Waals surface area contributed by atoms with Gasteiger partial charge in [-0.05, 0) is 98.5 Å². The summed E-state index contributed by atoms with van der Waals surface area (Å²) in [7, 11) is 0. The molecule has 44 heavy (non-hydrogen) atoms. The van der Waals surface area contributed by atoms with Crippen molar-refractivity contribution in [2.45, 2.75) is 6.42 Å². The van der Waals surface area contributed by atoms with Crippen molar-refractivity contribution in [3.05, 3.63) is 187 Å². The molecule has 0 saturated carbocycles. The van der Waals surface area contributed by atoms with Crippen LogP contribution in [0.2, 0.25) is 0 Å². The van der Waals surface area contributed by atoms with Gasteiger partial charge in [-0.3, -0.25) is 0 Å². The summed E-state index contributed by atoms with van der Waals surface area (Å²) in [6.07, 6.45) is 0.993. The highest BCUT2D eigenvalue weighted by atomic mass is 15.1. The molecule has 0 fully saturated rings. The fourth-order valence-electron chi connectivity index (χ4n) is 6.46. The molecule has 0 radical (unpaired) electrons. The molecule has 0 aliphatic heterocycles. The largest absolute Gasteiger partial charge is 0.310 e. The lowest BCUT2D eigenvalue weighted by molar-refractivity contribution is 1.26. The Balaban J connectivity index is 1.19. The molecule has 0 atom stereocenters.